The van der Waals surface area contributed by atoms with E-state index in [-0.39, 0.29) is 5.56 Å². The van der Waals surface area contributed by atoms with Crippen LogP contribution in [-0.2, 0) is 0 Å². The van der Waals surface area contributed by atoms with E-state index in [1.165, 1.54) is 44.9 Å². The molecule has 3 heteroatoms. The van der Waals surface area contributed by atoms with Gasteiger partial charge in [0.2, 0.25) is 0 Å². The van der Waals surface area contributed by atoms with E-state index in [2.05, 4.69) is 19.9 Å². The van der Waals surface area contributed by atoms with E-state index in [0.717, 1.165) is 24.8 Å². The van der Waals surface area contributed by atoms with Crippen molar-refractivity contribution in [3.8, 4) is 5.75 Å². The van der Waals surface area contributed by atoms with Crippen molar-refractivity contribution in [2.75, 3.05) is 0 Å². The summed E-state index contributed by atoms with van der Waals surface area (Å²) in [5, 5.41) is 9.21. The van der Waals surface area contributed by atoms with Gasteiger partial charge in [0.1, 0.15) is 5.75 Å². The quantitative estimate of drug-likeness (QED) is 0.282. The van der Waals surface area contributed by atoms with Crippen LogP contribution in [0, 0.1) is 0 Å². The Morgan fingerprint density at radius 3 is 2.23 bits per heavy atom. The molecule has 0 amide bonds. The highest BCUT2D eigenvalue weighted by atomic mass is 16.5. The van der Waals surface area contributed by atoms with Gasteiger partial charge in [-0.2, -0.15) is 0 Å². The number of benzene rings is 1. The van der Waals surface area contributed by atoms with E-state index in [9.17, 15) is 9.90 Å². The maximum absolute atomic E-state index is 11.2. The molecule has 3 nitrogen and oxygen atoms in total. The van der Waals surface area contributed by atoms with Gasteiger partial charge in [-0.25, -0.2) is 4.79 Å². The van der Waals surface area contributed by atoms with Crippen molar-refractivity contribution in [1.82, 2.24) is 0 Å². The first-order chi connectivity index (χ1) is 12.7. The second-order valence-electron chi connectivity index (χ2n) is 6.65. The molecule has 0 saturated heterocycles. The first kappa shape index (κ1) is 22.0. The second-order valence-corrected chi connectivity index (χ2v) is 6.65. The molecule has 0 fully saturated rings. The smallest absolute Gasteiger partial charge is 0.335 e. The molecule has 0 aromatic heterocycles. The molecule has 0 radical (unpaired) electrons. The van der Waals surface area contributed by atoms with E-state index < -0.39 is 5.97 Å². The van der Waals surface area contributed by atoms with E-state index >= 15 is 0 Å². The Hall–Kier alpha value is -2.03. The summed E-state index contributed by atoms with van der Waals surface area (Å²) in [7, 11) is 0. The van der Waals surface area contributed by atoms with Crippen LogP contribution in [0.1, 0.15) is 94.0 Å². The van der Waals surface area contributed by atoms with Gasteiger partial charge in [0.15, 0.2) is 0 Å². The van der Waals surface area contributed by atoms with Gasteiger partial charge < -0.3 is 9.84 Å². The van der Waals surface area contributed by atoms with Gasteiger partial charge in [-0.3, -0.25) is 0 Å². The van der Waals surface area contributed by atoms with Crippen LogP contribution in [0.4, 0.5) is 0 Å². The lowest BCUT2D eigenvalue weighted by Gasteiger charge is -2.07. The zero-order valence-corrected chi connectivity index (χ0v) is 16.4. The van der Waals surface area contributed by atoms with Crippen molar-refractivity contribution in [3.05, 3.63) is 47.7 Å². The fourth-order valence-corrected chi connectivity index (χ4v) is 2.70. The van der Waals surface area contributed by atoms with Crippen LogP contribution in [0.5, 0.6) is 5.75 Å². The van der Waals surface area contributed by atoms with Crippen molar-refractivity contribution < 1.29 is 14.6 Å². The van der Waals surface area contributed by atoms with E-state index in [4.69, 9.17) is 4.74 Å². The fourth-order valence-electron chi connectivity index (χ4n) is 2.70. The molecule has 0 saturated carbocycles. The lowest BCUT2D eigenvalue weighted by atomic mass is 10.1. The summed E-state index contributed by atoms with van der Waals surface area (Å²) in [6.45, 7) is 4.41. The third-order valence-corrected chi connectivity index (χ3v) is 4.29. The number of aromatic carboxylic acids is 1. The second kappa shape index (κ2) is 14.2. The zero-order valence-electron chi connectivity index (χ0n) is 16.4. The number of ether oxygens (including phenoxy) is 1. The van der Waals surface area contributed by atoms with Crippen molar-refractivity contribution in [1.29, 1.82) is 0 Å². The summed E-state index contributed by atoms with van der Waals surface area (Å²) in [6, 6.07) is 5.00. The largest absolute Gasteiger partial charge is 0.478 e. The number of rotatable bonds is 14. The number of allylic oxidation sites excluding steroid dienone is 2. The molecule has 0 aliphatic carbocycles. The highest BCUT2D eigenvalue weighted by Gasteiger charge is 2.07. The predicted molar refractivity (Wildman–Crippen MR) is 110 cm³/mol. The molecule has 0 bridgehead atoms. The SMILES string of the molecule is CCCCCCC=COc1ccc(C(=O)O)cc1C=CCCCCCC. The highest BCUT2D eigenvalue weighted by molar-refractivity contribution is 5.88. The molecule has 26 heavy (non-hydrogen) atoms. The van der Waals surface area contributed by atoms with Gasteiger partial charge in [-0.15, -0.1) is 0 Å². The summed E-state index contributed by atoms with van der Waals surface area (Å²) in [5.41, 5.74) is 1.10. The van der Waals surface area contributed by atoms with Crippen LogP contribution >= 0.6 is 0 Å². The number of hydrogen-bond donors (Lipinski definition) is 1. The molecule has 1 aromatic rings. The van der Waals surface area contributed by atoms with Crippen molar-refractivity contribution >= 4 is 12.0 Å². The minimum Gasteiger partial charge on any atom is -0.478 e. The van der Waals surface area contributed by atoms with Crippen LogP contribution in [0.2, 0.25) is 0 Å². The molecule has 1 rings (SSSR count). The van der Waals surface area contributed by atoms with E-state index in [0.29, 0.717) is 5.75 Å². The predicted octanol–water partition coefficient (Wildman–Crippen LogP) is 7.23. The summed E-state index contributed by atoms with van der Waals surface area (Å²) in [5.74, 6) is -0.217. The van der Waals surface area contributed by atoms with E-state index in [1.807, 2.05) is 12.2 Å². The van der Waals surface area contributed by atoms with Gasteiger partial charge in [0.25, 0.3) is 0 Å². The van der Waals surface area contributed by atoms with Crippen LogP contribution in [0.3, 0.4) is 0 Å². The maximum atomic E-state index is 11.2. The Kier molecular flexibility index (Phi) is 12.0. The molecule has 1 aromatic carbocycles. The maximum Gasteiger partial charge on any atom is 0.335 e. The van der Waals surface area contributed by atoms with E-state index in [1.54, 1.807) is 24.5 Å². The van der Waals surface area contributed by atoms with Crippen LogP contribution in [-0.4, -0.2) is 11.1 Å². The van der Waals surface area contributed by atoms with Gasteiger partial charge in [0, 0.05) is 5.56 Å². The van der Waals surface area contributed by atoms with Gasteiger partial charge in [-0.05, 0) is 50.0 Å². The molecule has 0 atom stereocenters. The standard InChI is InChI=1S/C23H34O3/c1-3-5-7-9-11-13-15-20-19-21(23(24)25)16-17-22(20)26-18-14-12-10-8-6-4-2/h13-19H,3-12H2,1-2H3,(H,24,25). The monoisotopic (exact) mass is 358 g/mol. The summed E-state index contributed by atoms with van der Waals surface area (Å²) >= 11 is 0. The molecule has 144 valence electrons. The molecular formula is C23H34O3. The van der Waals surface area contributed by atoms with Gasteiger partial charge in [0.05, 0.1) is 11.8 Å². The normalized spacial score (nSPS) is 11.5. The number of unbranched alkanes of at least 4 members (excludes halogenated alkanes) is 8. The number of hydrogen-bond acceptors (Lipinski definition) is 2. The highest BCUT2D eigenvalue weighted by Crippen LogP contribution is 2.23. The lowest BCUT2D eigenvalue weighted by Crippen LogP contribution is -1.97. The summed E-state index contributed by atoms with van der Waals surface area (Å²) < 4.78 is 5.75. The number of carboxylic acids is 1. The topological polar surface area (TPSA) is 46.5 Å². The average molecular weight is 359 g/mol. The Labute approximate surface area is 158 Å². The fraction of sp³-hybridized carbons (Fsp3) is 0.522. The first-order valence-electron chi connectivity index (χ1n) is 10.0. The molecule has 0 unspecified atom stereocenters. The van der Waals surface area contributed by atoms with Crippen LogP contribution < -0.4 is 4.74 Å². The third kappa shape index (κ3) is 9.45. The molecule has 0 aliphatic rings. The van der Waals surface area contributed by atoms with Crippen molar-refractivity contribution in [3.63, 3.8) is 0 Å². The Morgan fingerprint density at radius 1 is 0.962 bits per heavy atom. The van der Waals surface area contributed by atoms with Gasteiger partial charge >= 0.3 is 5.97 Å². The zero-order chi connectivity index (χ0) is 19.0. The minimum atomic E-state index is -0.916. The van der Waals surface area contributed by atoms with Gasteiger partial charge in [-0.1, -0.05) is 64.5 Å². The Morgan fingerprint density at radius 2 is 1.62 bits per heavy atom. The molecular weight excluding hydrogens is 324 g/mol. The van der Waals surface area contributed by atoms with Crippen molar-refractivity contribution in [2.24, 2.45) is 0 Å². The molecule has 1 N–H and O–H groups in total. The van der Waals surface area contributed by atoms with Crippen molar-refractivity contribution in [2.45, 2.75) is 78.1 Å². The molecule has 0 heterocycles. The third-order valence-electron chi connectivity index (χ3n) is 4.29. The summed E-state index contributed by atoms with van der Waals surface area (Å²) in [6.07, 6.45) is 19.7. The van der Waals surface area contributed by atoms with Crippen LogP contribution in [0.15, 0.2) is 36.6 Å². The summed E-state index contributed by atoms with van der Waals surface area (Å²) in [4.78, 5) is 11.2. The Bertz CT molecular complexity index is 573. The molecule has 0 aliphatic heterocycles. The molecule has 0 spiro atoms. The van der Waals surface area contributed by atoms with Crippen LogP contribution in [0.25, 0.3) is 6.08 Å². The lowest BCUT2D eigenvalue weighted by molar-refractivity contribution is 0.0697. The first-order valence-corrected chi connectivity index (χ1v) is 10.0. The Balaban J connectivity index is 2.63. The average Bonchev–Trinajstić information content (AvgIpc) is 2.64. The minimum absolute atomic E-state index is 0.284. The number of carboxylic acid groups (broad SMARTS) is 1. The number of carbonyl (C=O) groups is 1.